The second-order valence-electron chi connectivity index (χ2n) is 6.62. The highest BCUT2D eigenvalue weighted by atomic mass is 35.5. The van der Waals surface area contributed by atoms with Gasteiger partial charge in [-0.1, -0.05) is 43.6 Å². The molecule has 0 aliphatic heterocycles. The highest BCUT2D eigenvalue weighted by Gasteiger charge is 2.10. The van der Waals surface area contributed by atoms with Gasteiger partial charge in [0, 0.05) is 16.5 Å². The number of hydrogen-bond acceptors (Lipinski definition) is 5. The van der Waals surface area contributed by atoms with E-state index in [1.54, 1.807) is 10.9 Å². The average Bonchev–Trinajstić information content (AvgIpc) is 3.08. The van der Waals surface area contributed by atoms with Crippen molar-refractivity contribution in [1.29, 1.82) is 0 Å². The van der Waals surface area contributed by atoms with Crippen LogP contribution in [0, 0.1) is 4.77 Å². The molecule has 0 aliphatic rings. The summed E-state index contributed by atoms with van der Waals surface area (Å²) in [6, 6.07) is 13.3. The molecule has 2 aromatic carbocycles. The molecule has 0 radical (unpaired) electrons. The first-order valence-corrected chi connectivity index (χ1v) is 10.1. The normalized spacial score (nSPS) is 11.3. The lowest BCUT2D eigenvalue weighted by Crippen LogP contribution is -2.02. The van der Waals surface area contributed by atoms with E-state index in [1.807, 2.05) is 63.2 Å². The molecule has 0 spiro atoms. The van der Waals surface area contributed by atoms with Crippen LogP contribution in [-0.2, 0) is 6.61 Å². The van der Waals surface area contributed by atoms with Crippen molar-refractivity contribution in [2.24, 2.45) is 5.10 Å². The standard InChI is InChI=1S/C21H23ClN4O2S/c1-4-27-19-11-15(12-23-26-20(14(2)3)24-25-21(26)29)9-10-18(19)28-13-16-7-5-6-8-17(16)22/h5-12,14H,4,13H2,1-3H3,(H,25,29)/b23-12-. The number of nitrogens with zero attached hydrogens (tertiary/aromatic N) is 3. The summed E-state index contributed by atoms with van der Waals surface area (Å²) in [5.74, 6) is 2.26. The van der Waals surface area contributed by atoms with Crippen molar-refractivity contribution in [1.82, 2.24) is 14.9 Å². The maximum atomic E-state index is 6.21. The summed E-state index contributed by atoms with van der Waals surface area (Å²) in [4.78, 5) is 0. The van der Waals surface area contributed by atoms with E-state index in [0.717, 1.165) is 17.0 Å². The van der Waals surface area contributed by atoms with E-state index in [-0.39, 0.29) is 5.92 Å². The van der Waals surface area contributed by atoms with Gasteiger partial charge >= 0.3 is 0 Å². The predicted molar refractivity (Wildman–Crippen MR) is 118 cm³/mol. The Kier molecular flexibility index (Phi) is 7.06. The number of ether oxygens (including phenoxy) is 2. The average molecular weight is 431 g/mol. The first-order valence-electron chi connectivity index (χ1n) is 9.34. The van der Waals surface area contributed by atoms with Crippen LogP contribution in [0.2, 0.25) is 5.02 Å². The summed E-state index contributed by atoms with van der Waals surface area (Å²) in [5, 5.41) is 12.2. The SMILES string of the molecule is CCOc1cc(/C=N\n2c(C(C)C)n[nH]c2=S)ccc1OCc1ccccc1Cl. The molecule has 1 heterocycles. The largest absolute Gasteiger partial charge is 0.490 e. The van der Waals surface area contributed by atoms with Crippen molar-refractivity contribution in [2.75, 3.05) is 6.61 Å². The number of nitrogens with one attached hydrogen (secondary N) is 1. The van der Waals surface area contributed by atoms with Crippen molar-refractivity contribution >= 4 is 30.0 Å². The fourth-order valence-corrected chi connectivity index (χ4v) is 3.05. The van der Waals surface area contributed by atoms with Gasteiger partial charge in [0.15, 0.2) is 17.3 Å². The minimum atomic E-state index is 0.194. The van der Waals surface area contributed by atoms with E-state index in [9.17, 15) is 0 Å². The molecular weight excluding hydrogens is 408 g/mol. The van der Waals surface area contributed by atoms with Crippen LogP contribution in [-0.4, -0.2) is 27.7 Å². The van der Waals surface area contributed by atoms with Gasteiger partial charge in [0.05, 0.1) is 12.8 Å². The van der Waals surface area contributed by atoms with Gasteiger partial charge in [0.2, 0.25) is 4.77 Å². The monoisotopic (exact) mass is 430 g/mol. The molecule has 0 saturated carbocycles. The number of aromatic nitrogens is 3. The van der Waals surface area contributed by atoms with Gasteiger partial charge in [0.1, 0.15) is 6.61 Å². The third-order valence-electron chi connectivity index (χ3n) is 4.12. The Labute approximate surface area is 180 Å². The summed E-state index contributed by atoms with van der Waals surface area (Å²) in [6.07, 6.45) is 1.72. The number of aromatic amines is 1. The molecule has 0 unspecified atom stereocenters. The van der Waals surface area contributed by atoms with Crippen molar-refractivity contribution in [2.45, 2.75) is 33.3 Å². The second-order valence-corrected chi connectivity index (χ2v) is 7.41. The number of H-pyrrole nitrogens is 1. The molecule has 3 aromatic rings. The Bertz CT molecular complexity index is 1060. The van der Waals surface area contributed by atoms with E-state index in [0.29, 0.717) is 34.5 Å². The van der Waals surface area contributed by atoms with Crippen LogP contribution in [0.25, 0.3) is 0 Å². The molecule has 1 aromatic heterocycles. The lowest BCUT2D eigenvalue weighted by molar-refractivity contribution is 0.269. The highest BCUT2D eigenvalue weighted by Crippen LogP contribution is 2.29. The molecule has 0 bridgehead atoms. The maximum absolute atomic E-state index is 6.21. The molecule has 6 nitrogen and oxygen atoms in total. The fraction of sp³-hybridized carbons (Fsp3) is 0.286. The van der Waals surface area contributed by atoms with Crippen LogP contribution < -0.4 is 9.47 Å². The number of hydrogen-bond donors (Lipinski definition) is 1. The Morgan fingerprint density at radius 2 is 2.00 bits per heavy atom. The third-order valence-corrected chi connectivity index (χ3v) is 4.76. The molecule has 0 atom stereocenters. The van der Waals surface area contributed by atoms with Gasteiger partial charge in [-0.25, -0.2) is 0 Å². The molecule has 0 fully saturated rings. The Hall–Kier alpha value is -2.64. The number of benzene rings is 2. The molecule has 3 rings (SSSR count). The second kappa shape index (κ2) is 9.71. The molecule has 0 amide bonds. The molecule has 152 valence electrons. The lowest BCUT2D eigenvalue weighted by Gasteiger charge is -2.13. The molecule has 1 N–H and O–H groups in total. The Balaban J connectivity index is 1.81. The van der Waals surface area contributed by atoms with Crippen LogP contribution >= 0.6 is 23.8 Å². The summed E-state index contributed by atoms with van der Waals surface area (Å²) >= 11 is 11.5. The molecule has 29 heavy (non-hydrogen) atoms. The van der Waals surface area contributed by atoms with E-state index < -0.39 is 0 Å². The van der Waals surface area contributed by atoms with E-state index in [2.05, 4.69) is 15.3 Å². The van der Waals surface area contributed by atoms with Crippen molar-refractivity contribution in [3.05, 3.63) is 69.2 Å². The van der Waals surface area contributed by atoms with Crippen molar-refractivity contribution < 1.29 is 9.47 Å². The van der Waals surface area contributed by atoms with Crippen molar-refractivity contribution in [3.8, 4) is 11.5 Å². The number of rotatable bonds is 8. The van der Waals surface area contributed by atoms with Gasteiger partial charge < -0.3 is 9.47 Å². The van der Waals surface area contributed by atoms with Crippen molar-refractivity contribution in [3.63, 3.8) is 0 Å². The minimum absolute atomic E-state index is 0.194. The predicted octanol–water partition coefficient (Wildman–Crippen LogP) is 5.58. The fourth-order valence-electron chi connectivity index (χ4n) is 2.68. The Morgan fingerprint density at radius 3 is 2.72 bits per heavy atom. The Morgan fingerprint density at radius 1 is 1.21 bits per heavy atom. The van der Waals surface area contributed by atoms with Gasteiger partial charge in [-0.2, -0.15) is 14.9 Å². The zero-order valence-corrected chi connectivity index (χ0v) is 18.1. The van der Waals surface area contributed by atoms with E-state index in [1.165, 1.54) is 0 Å². The summed E-state index contributed by atoms with van der Waals surface area (Å²) in [7, 11) is 0. The smallest absolute Gasteiger partial charge is 0.216 e. The molecule has 0 aliphatic carbocycles. The molecular formula is C21H23ClN4O2S. The first-order chi connectivity index (χ1) is 14.0. The topological polar surface area (TPSA) is 64.4 Å². The molecule has 8 heteroatoms. The van der Waals surface area contributed by atoms with Crippen LogP contribution in [0.15, 0.2) is 47.6 Å². The summed E-state index contributed by atoms with van der Waals surface area (Å²) in [5.41, 5.74) is 1.77. The van der Waals surface area contributed by atoms with Crippen LogP contribution in [0.4, 0.5) is 0 Å². The zero-order valence-electron chi connectivity index (χ0n) is 16.6. The summed E-state index contributed by atoms with van der Waals surface area (Å²) in [6.45, 7) is 6.88. The lowest BCUT2D eigenvalue weighted by atomic mass is 10.2. The van der Waals surface area contributed by atoms with Crippen LogP contribution in [0.5, 0.6) is 11.5 Å². The van der Waals surface area contributed by atoms with Crippen LogP contribution in [0.1, 0.15) is 43.6 Å². The first kappa shape index (κ1) is 21.1. The van der Waals surface area contributed by atoms with Gasteiger partial charge in [-0.05, 0) is 49.0 Å². The van der Waals surface area contributed by atoms with E-state index in [4.69, 9.17) is 33.3 Å². The quantitative estimate of drug-likeness (QED) is 0.374. The van der Waals surface area contributed by atoms with Gasteiger partial charge in [-0.15, -0.1) is 0 Å². The highest BCUT2D eigenvalue weighted by molar-refractivity contribution is 7.71. The van der Waals surface area contributed by atoms with Crippen LogP contribution in [0.3, 0.4) is 0 Å². The molecule has 0 saturated heterocycles. The van der Waals surface area contributed by atoms with Gasteiger partial charge in [-0.3, -0.25) is 5.10 Å². The summed E-state index contributed by atoms with van der Waals surface area (Å²) < 4.78 is 13.8. The zero-order chi connectivity index (χ0) is 20.8. The van der Waals surface area contributed by atoms with Gasteiger partial charge in [0.25, 0.3) is 0 Å². The maximum Gasteiger partial charge on any atom is 0.216 e. The van der Waals surface area contributed by atoms with E-state index >= 15 is 0 Å². The third kappa shape index (κ3) is 5.25. The number of halogens is 1. The minimum Gasteiger partial charge on any atom is -0.490 e.